The lowest BCUT2D eigenvalue weighted by Gasteiger charge is -2.37. The summed E-state index contributed by atoms with van der Waals surface area (Å²) in [5.74, 6) is 0. The van der Waals surface area contributed by atoms with Crippen molar-refractivity contribution in [2.45, 2.75) is 72.0 Å². The van der Waals surface area contributed by atoms with E-state index in [0.29, 0.717) is 0 Å². The molecule has 0 aromatic rings. The van der Waals surface area contributed by atoms with Crippen LogP contribution in [0, 0.1) is 0 Å². The maximum atomic E-state index is 6.01. The van der Waals surface area contributed by atoms with Crippen molar-refractivity contribution in [3.8, 4) is 0 Å². The average molecular weight is 216 g/mol. The average Bonchev–Trinajstić information content (AvgIpc) is 2.28. The van der Waals surface area contributed by atoms with Crippen molar-refractivity contribution >= 4 is 0 Å². The molecule has 0 saturated heterocycles. The zero-order valence-electron chi connectivity index (χ0n) is 11.1. The van der Waals surface area contributed by atoms with Crippen molar-refractivity contribution in [2.24, 2.45) is 0 Å². The Morgan fingerprint density at radius 2 is 1.47 bits per heavy atom. The summed E-state index contributed by atoms with van der Waals surface area (Å²) in [5, 5.41) is 0. The Morgan fingerprint density at radius 3 is 1.87 bits per heavy atom. The maximum absolute atomic E-state index is 6.01. The molecule has 0 rings (SSSR count). The highest BCUT2D eigenvalue weighted by molar-refractivity contribution is 4.84. The number of hydrogen-bond acceptors (Lipinski definition) is 2. The first-order valence-corrected chi connectivity index (χ1v) is 6.42. The van der Waals surface area contributed by atoms with Gasteiger partial charge in [0.15, 0.2) is 0 Å². The second kappa shape index (κ2) is 8.12. The van der Waals surface area contributed by atoms with Crippen molar-refractivity contribution < 1.29 is 9.47 Å². The molecule has 0 aliphatic rings. The van der Waals surface area contributed by atoms with Crippen LogP contribution in [0.15, 0.2) is 0 Å². The molecule has 0 amide bonds. The molecule has 0 spiro atoms. The fraction of sp³-hybridized carbons (Fsp3) is 1.00. The van der Waals surface area contributed by atoms with E-state index in [4.69, 9.17) is 9.47 Å². The van der Waals surface area contributed by atoms with Gasteiger partial charge in [-0.1, -0.05) is 27.7 Å². The van der Waals surface area contributed by atoms with Crippen LogP contribution in [-0.4, -0.2) is 24.9 Å². The molecule has 0 aromatic heterocycles. The summed E-state index contributed by atoms with van der Waals surface area (Å²) in [7, 11) is 0. The van der Waals surface area contributed by atoms with E-state index < -0.39 is 0 Å². The van der Waals surface area contributed by atoms with Crippen molar-refractivity contribution in [1.29, 1.82) is 0 Å². The number of rotatable bonds is 9. The van der Waals surface area contributed by atoms with E-state index >= 15 is 0 Å². The number of ether oxygens (including phenoxy) is 2. The lowest BCUT2D eigenvalue weighted by molar-refractivity contribution is -0.144. The predicted molar refractivity (Wildman–Crippen MR) is 65.3 cm³/mol. The van der Waals surface area contributed by atoms with Crippen LogP contribution < -0.4 is 0 Å². The van der Waals surface area contributed by atoms with Gasteiger partial charge < -0.3 is 9.47 Å². The normalized spacial score (nSPS) is 14.2. The van der Waals surface area contributed by atoms with Gasteiger partial charge in [-0.25, -0.2) is 0 Å². The van der Waals surface area contributed by atoms with Gasteiger partial charge in [-0.15, -0.1) is 0 Å². The molecule has 0 saturated carbocycles. The quantitative estimate of drug-likeness (QED) is 0.584. The summed E-state index contributed by atoms with van der Waals surface area (Å²) >= 11 is 0. The fourth-order valence-corrected chi connectivity index (χ4v) is 1.90. The summed E-state index contributed by atoms with van der Waals surface area (Å²) in [5.41, 5.74) is -0.0782. The molecule has 15 heavy (non-hydrogen) atoms. The lowest BCUT2D eigenvalue weighted by atomic mass is 9.91. The SMILES string of the molecule is CCCOC(C)C(CC)(CC)OCCC. The van der Waals surface area contributed by atoms with Gasteiger partial charge in [0, 0.05) is 13.2 Å². The first-order valence-electron chi connectivity index (χ1n) is 6.42. The topological polar surface area (TPSA) is 18.5 Å². The van der Waals surface area contributed by atoms with Crippen LogP contribution in [0.1, 0.15) is 60.3 Å². The summed E-state index contributed by atoms with van der Waals surface area (Å²) in [6.07, 6.45) is 4.38. The molecule has 0 aromatic carbocycles. The Bertz CT molecular complexity index is 141. The summed E-state index contributed by atoms with van der Waals surface area (Å²) in [4.78, 5) is 0. The van der Waals surface area contributed by atoms with Crippen LogP contribution in [0.5, 0.6) is 0 Å². The smallest absolute Gasteiger partial charge is 0.0934 e. The molecular weight excluding hydrogens is 188 g/mol. The van der Waals surface area contributed by atoms with Gasteiger partial charge >= 0.3 is 0 Å². The lowest BCUT2D eigenvalue weighted by Crippen LogP contribution is -2.44. The predicted octanol–water partition coefficient (Wildman–Crippen LogP) is 3.79. The Balaban J connectivity index is 4.30. The Labute approximate surface area is 95.3 Å². The standard InChI is InChI=1S/C13H28O2/c1-6-10-14-12(5)13(8-3,9-4)15-11-7-2/h12H,6-11H2,1-5H3. The molecule has 0 N–H and O–H groups in total. The van der Waals surface area contributed by atoms with Crippen LogP contribution in [0.3, 0.4) is 0 Å². The zero-order chi connectivity index (χ0) is 11.7. The van der Waals surface area contributed by atoms with Gasteiger partial charge in [-0.3, -0.25) is 0 Å². The highest BCUT2D eigenvalue weighted by Gasteiger charge is 2.34. The number of hydrogen-bond donors (Lipinski definition) is 0. The molecule has 0 aliphatic heterocycles. The second-order valence-corrected chi connectivity index (χ2v) is 4.13. The minimum Gasteiger partial charge on any atom is -0.376 e. The molecule has 2 heteroatoms. The van der Waals surface area contributed by atoms with E-state index in [2.05, 4.69) is 34.6 Å². The zero-order valence-corrected chi connectivity index (χ0v) is 11.1. The van der Waals surface area contributed by atoms with Gasteiger partial charge in [0.05, 0.1) is 11.7 Å². The Kier molecular flexibility index (Phi) is 8.07. The van der Waals surface area contributed by atoms with Gasteiger partial charge in [-0.05, 0) is 32.6 Å². The molecule has 1 unspecified atom stereocenters. The second-order valence-electron chi connectivity index (χ2n) is 4.13. The monoisotopic (exact) mass is 216 g/mol. The molecule has 0 bridgehead atoms. The van der Waals surface area contributed by atoms with E-state index in [9.17, 15) is 0 Å². The minimum absolute atomic E-state index is 0.0782. The largest absolute Gasteiger partial charge is 0.376 e. The molecule has 1 atom stereocenters. The molecule has 2 nitrogen and oxygen atoms in total. The fourth-order valence-electron chi connectivity index (χ4n) is 1.90. The van der Waals surface area contributed by atoms with Gasteiger partial charge in [0.25, 0.3) is 0 Å². The molecule has 92 valence electrons. The highest BCUT2D eigenvalue weighted by atomic mass is 16.5. The van der Waals surface area contributed by atoms with Gasteiger partial charge in [-0.2, -0.15) is 0 Å². The minimum atomic E-state index is -0.0782. The molecule has 0 aliphatic carbocycles. The van der Waals surface area contributed by atoms with E-state index in [1.54, 1.807) is 0 Å². The highest BCUT2D eigenvalue weighted by Crippen LogP contribution is 2.27. The first kappa shape index (κ1) is 14.9. The van der Waals surface area contributed by atoms with Crippen molar-refractivity contribution in [3.05, 3.63) is 0 Å². The van der Waals surface area contributed by atoms with Crippen LogP contribution in [-0.2, 0) is 9.47 Å². The van der Waals surface area contributed by atoms with Crippen LogP contribution in [0.2, 0.25) is 0 Å². The Morgan fingerprint density at radius 1 is 0.933 bits per heavy atom. The van der Waals surface area contributed by atoms with Crippen LogP contribution >= 0.6 is 0 Å². The molecular formula is C13H28O2. The van der Waals surface area contributed by atoms with Gasteiger partial charge in [0.2, 0.25) is 0 Å². The Hall–Kier alpha value is -0.0800. The third kappa shape index (κ3) is 4.52. The summed E-state index contributed by atoms with van der Waals surface area (Å²) in [6.45, 7) is 12.5. The van der Waals surface area contributed by atoms with Crippen molar-refractivity contribution in [2.75, 3.05) is 13.2 Å². The van der Waals surface area contributed by atoms with Crippen molar-refractivity contribution in [1.82, 2.24) is 0 Å². The van der Waals surface area contributed by atoms with E-state index in [1.807, 2.05) is 0 Å². The molecule has 0 heterocycles. The van der Waals surface area contributed by atoms with E-state index in [1.165, 1.54) is 0 Å². The van der Waals surface area contributed by atoms with Crippen molar-refractivity contribution in [3.63, 3.8) is 0 Å². The van der Waals surface area contributed by atoms with E-state index in [0.717, 1.165) is 38.9 Å². The molecule has 0 radical (unpaired) electrons. The van der Waals surface area contributed by atoms with Crippen LogP contribution in [0.4, 0.5) is 0 Å². The molecule has 0 fully saturated rings. The van der Waals surface area contributed by atoms with Gasteiger partial charge in [0.1, 0.15) is 0 Å². The third-order valence-electron chi connectivity index (χ3n) is 3.10. The summed E-state index contributed by atoms with van der Waals surface area (Å²) < 4.78 is 11.8. The summed E-state index contributed by atoms with van der Waals surface area (Å²) in [6, 6.07) is 0. The van der Waals surface area contributed by atoms with E-state index in [-0.39, 0.29) is 11.7 Å². The maximum Gasteiger partial charge on any atom is 0.0934 e. The first-order chi connectivity index (χ1) is 7.16. The van der Waals surface area contributed by atoms with Crippen LogP contribution in [0.25, 0.3) is 0 Å². The third-order valence-corrected chi connectivity index (χ3v) is 3.10.